The van der Waals surface area contributed by atoms with E-state index in [1.165, 1.54) is 7.11 Å². The number of carbonyl (C=O) groups is 2. The van der Waals surface area contributed by atoms with Crippen molar-refractivity contribution in [2.45, 2.75) is 44.1 Å². The van der Waals surface area contributed by atoms with Crippen LogP contribution in [-0.4, -0.2) is 54.4 Å². The molecule has 0 aromatic carbocycles. The van der Waals surface area contributed by atoms with Crippen LogP contribution < -0.4 is 0 Å². The van der Waals surface area contributed by atoms with Crippen LogP contribution in [0.3, 0.4) is 0 Å². The van der Waals surface area contributed by atoms with Crippen molar-refractivity contribution in [3.63, 3.8) is 0 Å². The largest absolute Gasteiger partial charge is 0.478 e. The van der Waals surface area contributed by atoms with Gasteiger partial charge < -0.3 is 24.1 Å². The third kappa shape index (κ3) is 1.62. The molecule has 2 bridgehead atoms. The van der Waals surface area contributed by atoms with E-state index in [2.05, 4.69) is 4.74 Å². The van der Waals surface area contributed by atoms with Gasteiger partial charge in [0.1, 0.15) is 24.4 Å². The highest BCUT2D eigenvalue weighted by Crippen LogP contribution is 2.48. The number of esters is 1. The zero-order valence-electron chi connectivity index (χ0n) is 10.7. The Morgan fingerprint density at radius 1 is 1.16 bits per heavy atom. The molecule has 3 aliphatic rings. The van der Waals surface area contributed by atoms with Gasteiger partial charge in [-0.3, -0.25) is 0 Å². The fourth-order valence-corrected chi connectivity index (χ4v) is 2.94. The van der Waals surface area contributed by atoms with Crippen molar-refractivity contribution in [2.75, 3.05) is 7.11 Å². The van der Waals surface area contributed by atoms with Crippen LogP contribution >= 0.6 is 0 Å². The number of ether oxygens (including phenoxy) is 4. The minimum atomic E-state index is -1.19. The third-order valence-electron chi connectivity index (χ3n) is 3.55. The Morgan fingerprint density at radius 2 is 1.68 bits per heavy atom. The number of carboxylic acids is 1. The summed E-state index contributed by atoms with van der Waals surface area (Å²) >= 11 is 0. The molecule has 0 spiro atoms. The molecule has 2 fully saturated rings. The standard InChI is InChI=1S/C12H14O7/c1-12(2)18-8-6-4(10(13)14)5(11(15)16-3)7(17-6)9(8)19-12/h6-9H,1-3H3,(H,13,14). The van der Waals surface area contributed by atoms with Crippen LogP contribution in [0.15, 0.2) is 11.1 Å². The van der Waals surface area contributed by atoms with Gasteiger partial charge in [-0.15, -0.1) is 0 Å². The molecule has 7 nitrogen and oxygen atoms in total. The number of rotatable bonds is 2. The molecule has 0 radical (unpaired) electrons. The van der Waals surface area contributed by atoms with Crippen molar-refractivity contribution in [3.05, 3.63) is 11.1 Å². The number of carboxylic acid groups (broad SMARTS) is 1. The Hall–Kier alpha value is -1.44. The summed E-state index contributed by atoms with van der Waals surface area (Å²) in [6.45, 7) is 3.48. The van der Waals surface area contributed by atoms with Gasteiger partial charge in [-0.25, -0.2) is 9.59 Å². The number of aliphatic carboxylic acids is 1. The Balaban J connectivity index is 2.02. The van der Waals surface area contributed by atoms with E-state index in [0.717, 1.165) is 0 Å². The van der Waals surface area contributed by atoms with Crippen molar-refractivity contribution in [1.29, 1.82) is 0 Å². The van der Waals surface area contributed by atoms with Gasteiger partial charge in [0.25, 0.3) is 0 Å². The summed E-state index contributed by atoms with van der Waals surface area (Å²) in [5.74, 6) is -2.71. The lowest BCUT2D eigenvalue weighted by Gasteiger charge is -2.20. The number of methoxy groups -OCH3 is 1. The number of fused-ring (bicyclic) bond motifs is 5. The van der Waals surface area contributed by atoms with Crippen LogP contribution in [0.25, 0.3) is 0 Å². The molecule has 104 valence electrons. The fourth-order valence-electron chi connectivity index (χ4n) is 2.94. The monoisotopic (exact) mass is 270 g/mol. The van der Waals surface area contributed by atoms with E-state index in [9.17, 15) is 14.7 Å². The minimum absolute atomic E-state index is 0.0301. The van der Waals surface area contributed by atoms with Gasteiger partial charge in [-0.1, -0.05) is 0 Å². The molecule has 2 saturated heterocycles. The maximum absolute atomic E-state index is 11.7. The van der Waals surface area contributed by atoms with Gasteiger partial charge >= 0.3 is 11.9 Å². The van der Waals surface area contributed by atoms with E-state index in [0.29, 0.717) is 0 Å². The first kappa shape index (κ1) is 12.6. The Bertz CT molecular complexity index is 492. The molecular weight excluding hydrogens is 256 g/mol. The van der Waals surface area contributed by atoms with E-state index in [4.69, 9.17) is 14.2 Å². The molecule has 0 saturated carbocycles. The number of hydrogen-bond acceptors (Lipinski definition) is 6. The van der Waals surface area contributed by atoms with E-state index in [1.807, 2.05) is 0 Å². The summed E-state index contributed by atoms with van der Waals surface area (Å²) in [7, 11) is 1.20. The molecule has 3 aliphatic heterocycles. The first-order valence-corrected chi connectivity index (χ1v) is 5.92. The Morgan fingerprint density at radius 3 is 2.16 bits per heavy atom. The summed E-state index contributed by atoms with van der Waals surface area (Å²) in [4.78, 5) is 23.1. The molecule has 19 heavy (non-hydrogen) atoms. The van der Waals surface area contributed by atoms with E-state index < -0.39 is 42.1 Å². The normalized spacial score (nSPS) is 38.5. The molecular formula is C12H14O7. The van der Waals surface area contributed by atoms with Crippen molar-refractivity contribution in [2.24, 2.45) is 0 Å². The molecule has 3 heterocycles. The first-order valence-electron chi connectivity index (χ1n) is 5.92. The second kappa shape index (κ2) is 3.78. The fraction of sp³-hybridized carbons (Fsp3) is 0.667. The van der Waals surface area contributed by atoms with Crippen LogP contribution in [0.4, 0.5) is 0 Å². The van der Waals surface area contributed by atoms with Crippen LogP contribution in [0.2, 0.25) is 0 Å². The van der Waals surface area contributed by atoms with E-state index in [1.54, 1.807) is 13.8 Å². The molecule has 4 unspecified atom stereocenters. The SMILES string of the molecule is COC(=O)C1=C(C(=O)O)C2OC1C1OC(C)(C)OC21. The van der Waals surface area contributed by atoms with Gasteiger partial charge in [0.2, 0.25) is 0 Å². The highest BCUT2D eigenvalue weighted by Gasteiger charge is 2.64. The molecule has 7 heteroatoms. The van der Waals surface area contributed by atoms with Gasteiger partial charge in [0.15, 0.2) is 5.79 Å². The minimum Gasteiger partial charge on any atom is -0.478 e. The van der Waals surface area contributed by atoms with Crippen molar-refractivity contribution in [3.8, 4) is 0 Å². The lowest BCUT2D eigenvalue weighted by Crippen LogP contribution is -2.40. The maximum Gasteiger partial charge on any atom is 0.337 e. The van der Waals surface area contributed by atoms with Crippen LogP contribution in [-0.2, 0) is 28.5 Å². The molecule has 0 amide bonds. The lowest BCUT2D eigenvalue weighted by molar-refractivity contribution is -0.177. The second-order valence-electron chi connectivity index (χ2n) is 5.17. The topological polar surface area (TPSA) is 91.3 Å². The van der Waals surface area contributed by atoms with Gasteiger partial charge in [-0.2, -0.15) is 0 Å². The van der Waals surface area contributed by atoms with Crippen molar-refractivity contribution >= 4 is 11.9 Å². The first-order chi connectivity index (χ1) is 8.85. The number of carbonyl (C=O) groups excluding carboxylic acids is 1. The van der Waals surface area contributed by atoms with E-state index >= 15 is 0 Å². The third-order valence-corrected chi connectivity index (χ3v) is 3.55. The highest BCUT2D eigenvalue weighted by atomic mass is 16.8. The average molecular weight is 270 g/mol. The summed E-state index contributed by atoms with van der Waals surface area (Å²) in [5, 5.41) is 9.26. The lowest BCUT2D eigenvalue weighted by atomic mass is 9.87. The van der Waals surface area contributed by atoms with Crippen LogP contribution in [0, 0.1) is 0 Å². The highest BCUT2D eigenvalue weighted by molar-refractivity contribution is 6.02. The molecule has 1 N–H and O–H groups in total. The zero-order valence-corrected chi connectivity index (χ0v) is 10.7. The summed E-state index contributed by atoms with van der Waals surface area (Å²) in [6, 6.07) is 0. The van der Waals surface area contributed by atoms with Crippen molar-refractivity contribution < 1.29 is 33.6 Å². The van der Waals surface area contributed by atoms with Crippen LogP contribution in [0.5, 0.6) is 0 Å². The molecule has 0 aromatic heterocycles. The van der Waals surface area contributed by atoms with Gasteiger partial charge in [-0.05, 0) is 13.8 Å². The van der Waals surface area contributed by atoms with Gasteiger partial charge in [0, 0.05) is 0 Å². The summed E-state index contributed by atoms with van der Waals surface area (Å²) < 4.78 is 21.5. The molecule has 3 rings (SSSR count). The Kier molecular flexibility index (Phi) is 2.51. The molecule has 0 aromatic rings. The predicted molar refractivity (Wildman–Crippen MR) is 59.2 cm³/mol. The second-order valence-corrected chi connectivity index (χ2v) is 5.17. The molecule has 4 atom stereocenters. The van der Waals surface area contributed by atoms with Crippen LogP contribution in [0.1, 0.15) is 13.8 Å². The average Bonchev–Trinajstić information content (AvgIpc) is 2.93. The summed E-state index contributed by atoms with van der Waals surface area (Å²) in [6.07, 6.45) is -2.50. The molecule has 0 aliphatic carbocycles. The quantitative estimate of drug-likeness (QED) is 0.697. The Labute approximate surface area is 109 Å². The summed E-state index contributed by atoms with van der Waals surface area (Å²) in [5.41, 5.74) is -0.0537. The van der Waals surface area contributed by atoms with E-state index in [-0.39, 0.29) is 11.1 Å². The van der Waals surface area contributed by atoms with Crippen molar-refractivity contribution in [1.82, 2.24) is 0 Å². The number of hydrogen-bond donors (Lipinski definition) is 1. The zero-order chi connectivity index (χ0) is 13.9. The maximum atomic E-state index is 11.7. The predicted octanol–water partition coefficient (Wildman–Crippen LogP) is -0.158. The smallest absolute Gasteiger partial charge is 0.337 e. The van der Waals surface area contributed by atoms with Gasteiger partial charge in [0.05, 0.1) is 18.3 Å².